The van der Waals surface area contributed by atoms with Crippen molar-refractivity contribution < 1.29 is 9.90 Å². The van der Waals surface area contributed by atoms with E-state index in [1.54, 1.807) is 29.2 Å². The molecule has 2 aromatic carbocycles. The zero-order valence-electron chi connectivity index (χ0n) is 14.5. The molecule has 0 saturated heterocycles. The number of H-pyrrole nitrogens is 1. The second kappa shape index (κ2) is 7.17. The Bertz CT molecular complexity index is 1000. The number of amides is 1. The second-order valence-corrected chi connectivity index (χ2v) is 7.57. The Morgan fingerprint density at radius 3 is 2.63 bits per heavy atom. The minimum absolute atomic E-state index is 0.257. The molecule has 2 atom stereocenters. The Kier molecular flexibility index (Phi) is 4.86. The number of rotatable bonds is 3. The molecule has 0 radical (unpaired) electrons. The van der Waals surface area contributed by atoms with Gasteiger partial charge in [-0.2, -0.15) is 0 Å². The van der Waals surface area contributed by atoms with Crippen LogP contribution in [0.25, 0.3) is 10.9 Å². The lowest BCUT2D eigenvalue weighted by atomic mass is 9.96. The summed E-state index contributed by atoms with van der Waals surface area (Å²) in [6, 6.07) is 12.0. The van der Waals surface area contributed by atoms with Crippen molar-refractivity contribution in [2.45, 2.75) is 18.6 Å². The minimum Gasteiger partial charge on any atom is -0.378 e. The van der Waals surface area contributed by atoms with Gasteiger partial charge < -0.3 is 20.7 Å². The topological polar surface area (TPSA) is 82.4 Å². The minimum atomic E-state index is -1.25. The van der Waals surface area contributed by atoms with Gasteiger partial charge in [-0.1, -0.05) is 35.3 Å². The first-order valence-electron chi connectivity index (χ1n) is 8.73. The van der Waals surface area contributed by atoms with Crippen molar-refractivity contribution in [1.82, 2.24) is 9.88 Å². The third kappa shape index (κ3) is 3.21. The summed E-state index contributed by atoms with van der Waals surface area (Å²) in [5.41, 5.74) is 9.54. The molecule has 4 rings (SSSR count). The molecule has 2 heterocycles. The number of fused-ring (bicyclic) bond motifs is 3. The van der Waals surface area contributed by atoms with Crippen LogP contribution >= 0.6 is 23.2 Å². The number of aromatic amines is 1. The van der Waals surface area contributed by atoms with E-state index in [2.05, 4.69) is 4.98 Å². The molecule has 1 amide bonds. The lowest BCUT2D eigenvalue weighted by Gasteiger charge is -2.36. The number of aliphatic hydroxyl groups excluding tert-OH is 1. The number of carbonyl (C=O) groups is 1. The fraction of sp³-hybridized carbons (Fsp3) is 0.250. The number of hydrogen-bond donors (Lipinski definition) is 3. The van der Waals surface area contributed by atoms with E-state index in [0.29, 0.717) is 28.6 Å². The highest BCUT2D eigenvalue weighted by Crippen LogP contribution is 2.36. The van der Waals surface area contributed by atoms with E-state index in [4.69, 9.17) is 28.9 Å². The highest BCUT2D eigenvalue weighted by atomic mass is 35.5. The predicted molar refractivity (Wildman–Crippen MR) is 107 cm³/mol. The normalized spacial score (nSPS) is 17.8. The van der Waals surface area contributed by atoms with E-state index in [1.165, 1.54) is 0 Å². The Hall–Kier alpha value is -2.05. The molecule has 140 valence electrons. The third-order valence-electron chi connectivity index (χ3n) is 5.14. The van der Waals surface area contributed by atoms with Gasteiger partial charge in [-0.05, 0) is 47.9 Å². The average Bonchev–Trinajstić information content (AvgIpc) is 3.04. The maximum Gasteiger partial charge on any atom is 0.256 e. The van der Waals surface area contributed by atoms with Crippen LogP contribution in [0.3, 0.4) is 0 Å². The van der Waals surface area contributed by atoms with E-state index in [1.807, 2.05) is 18.2 Å². The van der Waals surface area contributed by atoms with Crippen LogP contribution < -0.4 is 5.73 Å². The molecule has 4 N–H and O–H groups in total. The van der Waals surface area contributed by atoms with E-state index in [-0.39, 0.29) is 18.5 Å². The number of halogens is 2. The van der Waals surface area contributed by atoms with Gasteiger partial charge in [0.1, 0.15) is 0 Å². The Balaban J connectivity index is 1.67. The molecule has 1 aliphatic rings. The Labute approximate surface area is 166 Å². The van der Waals surface area contributed by atoms with Crippen LogP contribution in [-0.2, 0) is 11.2 Å². The molecule has 27 heavy (non-hydrogen) atoms. The second-order valence-electron chi connectivity index (χ2n) is 6.69. The van der Waals surface area contributed by atoms with E-state index in [0.717, 1.165) is 22.2 Å². The van der Waals surface area contributed by atoms with Gasteiger partial charge >= 0.3 is 0 Å². The number of benzene rings is 2. The highest BCUT2D eigenvalue weighted by Gasteiger charge is 2.35. The molecule has 1 aliphatic heterocycles. The predicted octanol–water partition coefficient (Wildman–Crippen LogP) is 3.59. The molecule has 0 aliphatic carbocycles. The number of carbonyl (C=O) groups excluding carboxylic acids is 1. The number of nitrogens with one attached hydrogen (secondary N) is 1. The van der Waals surface area contributed by atoms with Crippen molar-refractivity contribution in [2.75, 3.05) is 13.1 Å². The molecule has 0 bridgehead atoms. The van der Waals surface area contributed by atoms with Crippen molar-refractivity contribution in [1.29, 1.82) is 0 Å². The summed E-state index contributed by atoms with van der Waals surface area (Å²) in [6.45, 7) is 0.741. The van der Waals surface area contributed by atoms with Gasteiger partial charge in [0.15, 0.2) is 6.10 Å². The Morgan fingerprint density at radius 1 is 1.22 bits per heavy atom. The zero-order valence-corrected chi connectivity index (χ0v) is 16.0. The first-order chi connectivity index (χ1) is 13.0. The summed E-state index contributed by atoms with van der Waals surface area (Å²) in [7, 11) is 0. The van der Waals surface area contributed by atoms with Crippen molar-refractivity contribution in [3.8, 4) is 0 Å². The summed E-state index contributed by atoms with van der Waals surface area (Å²) in [4.78, 5) is 18.0. The fourth-order valence-electron chi connectivity index (χ4n) is 3.79. The van der Waals surface area contributed by atoms with Gasteiger partial charge in [-0.15, -0.1) is 0 Å². The molecular formula is C20H19Cl2N3O2. The van der Waals surface area contributed by atoms with E-state index >= 15 is 0 Å². The maximum atomic E-state index is 13.0. The van der Waals surface area contributed by atoms with Crippen LogP contribution in [0.15, 0.2) is 42.5 Å². The Morgan fingerprint density at radius 2 is 1.93 bits per heavy atom. The van der Waals surface area contributed by atoms with Crippen LogP contribution in [0, 0.1) is 0 Å². The molecule has 0 spiro atoms. The average molecular weight is 404 g/mol. The van der Waals surface area contributed by atoms with Crippen LogP contribution in [-0.4, -0.2) is 34.0 Å². The molecule has 1 aromatic heterocycles. The molecule has 3 aromatic rings. The summed E-state index contributed by atoms with van der Waals surface area (Å²) in [5.74, 6) is -0.366. The van der Waals surface area contributed by atoms with Gasteiger partial charge in [0, 0.05) is 39.7 Å². The quantitative estimate of drug-likeness (QED) is 0.624. The number of nitrogens with two attached hydrogens (primary N) is 1. The molecule has 5 nitrogen and oxygen atoms in total. The SMILES string of the molecule is NCC1c2[nH]c3ccc(Cl)cc3c2CCN1C(=O)C(O)c1ccc(Cl)cc1. The number of hydrogen-bond acceptors (Lipinski definition) is 3. The number of aliphatic hydroxyl groups is 1. The van der Waals surface area contributed by atoms with Gasteiger partial charge in [-0.25, -0.2) is 0 Å². The van der Waals surface area contributed by atoms with Crippen molar-refractivity contribution in [3.05, 3.63) is 69.3 Å². The molecule has 7 heteroatoms. The van der Waals surface area contributed by atoms with Crippen LogP contribution in [0.1, 0.15) is 29.0 Å². The number of nitrogens with zero attached hydrogens (tertiary/aromatic N) is 1. The first-order valence-corrected chi connectivity index (χ1v) is 9.49. The van der Waals surface area contributed by atoms with Gasteiger partial charge in [0.05, 0.1) is 6.04 Å². The monoisotopic (exact) mass is 403 g/mol. The van der Waals surface area contributed by atoms with Crippen molar-refractivity contribution in [3.63, 3.8) is 0 Å². The molecular weight excluding hydrogens is 385 g/mol. The third-order valence-corrected chi connectivity index (χ3v) is 5.63. The summed E-state index contributed by atoms with van der Waals surface area (Å²) < 4.78 is 0. The van der Waals surface area contributed by atoms with E-state index in [9.17, 15) is 9.90 Å². The smallest absolute Gasteiger partial charge is 0.256 e. The first kappa shape index (κ1) is 18.3. The zero-order chi connectivity index (χ0) is 19.1. The fourth-order valence-corrected chi connectivity index (χ4v) is 4.09. The molecule has 2 unspecified atom stereocenters. The van der Waals surface area contributed by atoms with Crippen molar-refractivity contribution in [2.24, 2.45) is 5.73 Å². The van der Waals surface area contributed by atoms with Crippen LogP contribution in [0.2, 0.25) is 10.0 Å². The molecule has 0 saturated carbocycles. The lowest BCUT2D eigenvalue weighted by molar-refractivity contribution is -0.143. The van der Waals surface area contributed by atoms with Crippen LogP contribution in [0.5, 0.6) is 0 Å². The standard InChI is InChI=1S/C20H19Cl2N3O2/c21-12-3-1-11(2-4-12)19(26)20(27)25-8-7-14-15-9-13(22)5-6-16(15)24-18(14)17(25)10-23/h1-6,9,17,19,24,26H,7-8,10,23H2. The summed E-state index contributed by atoms with van der Waals surface area (Å²) in [6.07, 6.45) is -0.581. The van der Waals surface area contributed by atoms with Crippen LogP contribution in [0.4, 0.5) is 0 Å². The number of aromatic nitrogens is 1. The lowest BCUT2D eigenvalue weighted by Crippen LogP contribution is -2.45. The highest BCUT2D eigenvalue weighted by molar-refractivity contribution is 6.31. The maximum absolute atomic E-state index is 13.0. The summed E-state index contributed by atoms with van der Waals surface area (Å²) >= 11 is 12.0. The molecule has 0 fully saturated rings. The van der Waals surface area contributed by atoms with Gasteiger partial charge in [0.25, 0.3) is 5.91 Å². The van der Waals surface area contributed by atoms with Gasteiger partial charge in [-0.3, -0.25) is 4.79 Å². The van der Waals surface area contributed by atoms with E-state index < -0.39 is 6.10 Å². The largest absolute Gasteiger partial charge is 0.378 e. The van der Waals surface area contributed by atoms with Crippen molar-refractivity contribution >= 4 is 40.0 Å². The summed E-state index contributed by atoms with van der Waals surface area (Å²) in [5, 5.41) is 12.8. The van der Waals surface area contributed by atoms with Gasteiger partial charge in [0.2, 0.25) is 0 Å².